The van der Waals surface area contributed by atoms with Crippen LogP contribution in [0.5, 0.6) is 5.75 Å². The molecule has 2 aromatic carbocycles. The molecule has 0 atom stereocenters. The number of hydrogen-bond donors (Lipinski definition) is 0. The van der Waals surface area contributed by atoms with Crippen molar-refractivity contribution in [1.29, 1.82) is 0 Å². The average Bonchev–Trinajstić information content (AvgIpc) is 2.68. The molecule has 0 amide bonds. The lowest BCUT2D eigenvalue weighted by Gasteiger charge is -2.32. The summed E-state index contributed by atoms with van der Waals surface area (Å²) in [6.07, 6.45) is 3.48. The fraction of sp³-hybridized carbons (Fsp3) is 0.318. The Morgan fingerprint density at radius 1 is 1.08 bits per heavy atom. The number of rotatable bonds is 6. The maximum absolute atomic E-state index is 12.5. The Hall–Kier alpha value is -2.43. The van der Waals surface area contributed by atoms with E-state index in [0.29, 0.717) is 0 Å². The molecule has 136 valence electrons. The third-order valence-corrected chi connectivity index (χ3v) is 4.76. The highest BCUT2D eigenvalue weighted by atomic mass is 16.5. The zero-order valence-corrected chi connectivity index (χ0v) is 15.5. The zero-order valence-electron chi connectivity index (χ0n) is 15.5. The Kier molecular flexibility index (Phi) is 6.21. The lowest BCUT2D eigenvalue weighted by molar-refractivity contribution is 0.104. The number of ether oxygens (including phenoxy) is 1. The third kappa shape index (κ3) is 5.04. The molecule has 1 aliphatic rings. The van der Waals surface area contributed by atoms with Crippen LogP contribution in [-0.4, -0.2) is 55.9 Å². The summed E-state index contributed by atoms with van der Waals surface area (Å²) < 4.78 is 5.15. The standard InChI is InChI=1S/C22H26N2O2/c1-23-12-14-24(15-13-23)17-19-4-3-5-20(16-19)22(25)11-8-18-6-9-21(26-2)10-7-18/h3-11,16H,12-15,17H2,1-2H3. The molecule has 0 radical (unpaired) electrons. The van der Waals surface area contributed by atoms with Crippen LogP contribution in [0.15, 0.2) is 54.6 Å². The third-order valence-electron chi connectivity index (χ3n) is 4.76. The number of carbonyl (C=O) groups excluding carboxylic acids is 1. The fourth-order valence-corrected chi connectivity index (χ4v) is 3.07. The molecule has 0 aromatic heterocycles. The van der Waals surface area contributed by atoms with Crippen molar-refractivity contribution in [2.75, 3.05) is 40.3 Å². The largest absolute Gasteiger partial charge is 0.497 e. The van der Waals surface area contributed by atoms with Crippen molar-refractivity contribution in [3.05, 3.63) is 71.3 Å². The molecule has 1 aliphatic heterocycles. The van der Waals surface area contributed by atoms with Crippen molar-refractivity contribution in [2.24, 2.45) is 0 Å². The number of likely N-dealkylation sites (N-methyl/N-ethyl adjacent to an activating group) is 1. The zero-order chi connectivity index (χ0) is 18.4. The summed E-state index contributed by atoms with van der Waals surface area (Å²) >= 11 is 0. The van der Waals surface area contributed by atoms with Crippen LogP contribution in [0.1, 0.15) is 21.5 Å². The van der Waals surface area contributed by atoms with Crippen molar-refractivity contribution in [1.82, 2.24) is 9.80 Å². The molecule has 0 N–H and O–H groups in total. The molecule has 0 bridgehead atoms. The van der Waals surface area contributed by atoms with Crippen molar-refractivity contribution < 1.29 is 9.53 Å². The second-order valence-electron chi connectivity index (χ2n) is 6.75. The predicted octanol–water partition coefficient (Wildman–Crippen LogP) is 3.34. The van der Waals surface area contributed by atoms with Gasteiger partial charge in [-0.1, -0.05) is 36.4 Å². The molecule has 4 heteroatoms. The van der Waals surface area contributed by atoms with Crippen LogP contribution in [0.2, 0.25) is 0 Å². The van der Waals surface area contributed by atoms with E-state index in [1.807, 2.05) is 48.5 Å². The van der Waals surface area contributed by atoms with Gasteiger partial charge in [0.1, 0.15) is 5.75 Å². The van der Waals surface area contributed by atoms with Gasteiger partial charge in [0.15, 0.2) is 5.78 Å². The summed E-state index contributed by atoms with van der Waals surface area (Å²) in [6.45, 7) is 5.25. The minimum atomic E-state index is 0.0287. The Balaban J connectivity index is 1.62. The number of benzene rings is 2. The van der Waals surface area contributed by atoms with Crippen LogP contribution >= 0.6 is 0 Å². The summed E-state index contributed by atoms with van der Waals surface area (Å²) in [5, 5.41) is 0. The number of carbonyl (C=O) groups is 1. The highest BCUT2D eigenvalue weighted by Gasteiger charge is 2.14. The molecule has 3 rings (SSSR count). The van der Waals surface area contributed by atoms with Gasteiger partial charge in [0, 0.05) is 38.3 Å². The first kappa shape index (κ1) is 18.4. The molecule has 0 aliphatic carbocycles. The highest BCUT2D eigenvalue weighted by molar-refractivity contribution is 6.06. The average molecular weight is 350 g/mol. The number of ketones is 1. The molecule has 0 saturated carbocycles. The van der Waals surface area contributed by atoms with Crippen LogP contribution in [0.4, 0.5) is 0 Å². The monoisotopic (exact) mass is 350 g/mol. The van der Waals surface area contributed by atoms with E-state index in [4.69, 9.17) is 4.74 Å². The molecule has 0 spiro atoms. The molecule has 4 nitrogen and oxygen atoms in total. The van der Waals surface area contributed by atoms with Crippen LogP contribution in [0.25, 0.3) is 6.08 Å². The maximum atomic E-state index is 12.5. The number of nitrogens with zero attached hydrogens (tertiary/aromatic N) is 2. The summed E-state index contributed by atoms with van der Waals surface area (Å²) in [7, 11) is 3.80. The normalized spacial score (nSPS) is 16.1. The van der Waals surface area contributed by atoms with E-state index in [-0.39, 0.29) is 5.78 Å². The highest BCUT2D eigenvalue weighted by Crippen LogP contribution is 2.14. The molecular formula is C22H26N2O2. The van der Waals surface area contributed by atoms with Crippen molar-refractivity contribution >= 4 is 11.9 Å². The van der Waals surface area contributed by atoms with E-state index in [1.165, 1.54) is 5.56 Å². The maximum Gasteiger partial charge on any atom is 0.185 e. The van der Waals surface area contributed by atoms with E-state index in [0.717, 1.165) is 49.6 Å². The molecule has 1 saturated heterocycles. The van der Waals surface area contributed by atoms with E-state index >= 15 is 0 Å². The van der Waals surface area contributed by atoms with Gasteiger partial charge in [0.05, 0.1) is 7.11 Å². The van der Waals surface area contributed by atoms with Gasteiger partial charge in [-0.05, 0) is 42.4 Å². The minimum Gasteiger partial charge on any atom is -0.497 e. The summed E-state index contributed by atoms with van der Waals surface area (Å²) in [5.41, 5.74) is 2.91. The molecular weight excluding hydrogens is 324 g/mol. The van der Waals surface area contributed by atoms with Gasteiger partial charge >= 0.3 is 0 Å². The van der Waals surface area contributed by atoms with Crippen LogP contribution < -0.4 is 4.74 Å². The number of hydrogen-bond acceptors (Lipinski definition) is 4. The van der Waals surface area contributed by atoms with Gasteiger partial charge in [0.2, 0.25) is 0 Å². The van der Waals surface area contributed by atoms with Crippen LogP contribution in [0.3, 0.4) is 0 Å². The summed E-state index contributed by atoms with van der Waals surface area (Å²) in [6, 6.07) is 15.6. The Bertz CT molecular complexity index is 760. The fourth-order valence-electron chi connectivity index (χ4n) is 3.07. The number of methoxy groups -OCH3 is 1. The predicted molar refractivity (Wildman–Crippen MR) is 106 cm³/mol. The minimum absolute atomic E-state index is 0.0287. The Morgan fingerprint density at radius 2 is 1.81 bits per heavy atom. The summed E-state index contributed by atoms with van der Waals surface area (Å²) in [5.74, 6) is 0.839. The molecule has 26 heavy (non-hydrogen) atoms. The van der Waals surface area contributed by atoms with Gasteiger partial charge in [-0.3, -0.25) is 9.69 Å². The van der Waals surface area contributed by atoms with Crippen LogP contribution in [0, 0.1) is 0 Å². The SMILES string of the molecule is COc1ccc(C=CC(=O)c2cccc(CN3CCN(C)CC3)c2)cc1. The smallest absolute Gasteiger partial charge is 0.185 e. The topological polar surface area (TPSA) is 32.8 Å². The van der Waals surface area contributed by atoms with Crippen LogP contribution in [-0.2, 0) is 6.54 Å². The molecule has 2 aromatic rings. The molecule has 0 unspecified atom stereocenters. The second kappa shape index (κ2) is 8.79. The van der Waals surface area contributed by atoms with E-state index < -0.39 is 0 Å². The van der Waals surface area contributed by atoms with E-state index in [2.05, 4.69) is 22.9 Å². The van der Waals surface area contributed by atoms with Gasteiger partial charge in [-0.25, -0.2) is 0 Å². The first-order valence-corrected chi connectivity index (χ1v) is 9.00. The van der Waals surface area contributed by atoms with E-state index in [9.17, 15) is 4.79 Å². The van der Waals surface area contributed by atoms with Gasteiger partial charge in [0.25, 0.3) is 0 Å². The van der Waals surface area contributed by atoms with E-state index in [1.54, 1.807) is 13.2 Å². The lowest BCUT2D eigenvalue weighted by Crippen LogP contribution is -2.43. The lowest BCUT2D eigenvalue weighted by atomic mass is 10.1. The second-order valence-corrected chi connectivity index (χ2v) is 6.75. The van der Waals surface area contributed by atoms with Gasteiger partial charge < -0.3 is 9.64 Å². The summed E-state index contributed by atoms with van der Waals surface area (Å²) in [4.78, 5) is 17.3. The Morgan fingerprint density at radius 3 is 2.50 bits per heavy atom. The van der Waals surface area contributed by atoms with Crippen molar-refractivity contribution in [2.45, 2.75) is 6.54 Å². The molecule has 1 fully saturated rings. The van der Waals surface area contributed by atoms with Crippen molar-refractivity contribution in [3.63, 3.8) is 0 Å². The molecule has 1 heterocycles. The number of allylic oxidation sites excluding steroid dienone is 1. The quantitative estimate of drug-likeness (QED) is 0.591. The van der Waals surface area contributed by atoms with Crippen molar-refractivity contribution in [3.8, 4) is 5.75 Å². The number of piperazine rings is 1. The van der Waals surface area contributed by atoms with Gasteiger partial charge in [-0.2, -0.15) is 0 Å². The first-order chi connectivity index (χ1) is 12.6. The first-order valence-electron chi connectivity index (χ1n) is 9.00. The van der Waals surface area contributed by atoms with Gasteiger partial charge in [-0.15, -0.1) is 0 Å². The Labute approximate surface area is 155 Å².